The standard InChI is InChI=1S/C15H21ClO/c1-5-15(4)13(16)9-14(15)17-12-7-6-10(2)11(3)8-12/h6-8,13-14H,5,9H2,1-4H3. The van der Waals surface area contributed by atoms with Gasteiger partial charge in [0.15, 0.2) is 0 Å². The van der Waals surface area contributed by atoms with E-state index < -0.39 is 0 Å². The minimum Gasteiger partial charge on any atom is -0.490 e. The molecule has 0 N–H and O–H groups in total. The van der Waals surface area contributed by atoms with E-state index in [1.165, 1.54) is 11.1 Å². The molecule has 1 saturated carbocycles. The molecule has 1 fully saturated rings. The van der Waals surface area contributed by atoms with Gasteiger partial charge >= 0.3 is 0 Å². The van der Waals surface area contributed by atoms with Crippen molar-refractivity contribution in [2.24, 2.45) is 5.41 Å². The molecule has 2 rings (SSSR count). The Labute approximate surface area is 109 Å². The van der Waals surface area contributed by atoms with Crippen LogP contribution in [0.25, 0.3) is 0 Å². The number of alkyl halides is 1. The second-order valence-electron chi connectivity index (χ2n) is 5.42. The molecule has 0 aliphatic heterocycles. The van der Waals surface area contributed by atoms with Crippen LogP contribution in [0, 0.1) is 19.3 Å². The average molecular weight is 253 g/mol. The van der Waals surface area contributed by atoms with E-state index in [1.807, 2.05) is 0 Å². The molecule has 1 aliphatic carbocycles. The predicted molar refractivity (Wildman–Crippen MR) is 73.0 cm³/mol. The summed E-state index contributed by atoms with van der Waals surface area (Å²) >= 11 is 6.29. The van der Waals surface area contributed by atoms with Gasteiger partial charge in [-0.15, -0.1) is 11.6 Å². The molecule has 0 aromatic heterocycles. The number of aryl methyl sites for hydroxylation is 2. The van der Waals surface area contributed by atoms with Crippen LogP contribution in [-0.2, 0) is 0 Å². The van der Waals surface area contributed by atoms with Gasteiger partial charge in [0.1, 0.15) is 11.9 Å². The van der Waals surface area contributed by atoms with Gasteiger partial charge in [0.05, 0.1) is 0 Å². The third-order valence-corrected chi connectivity index (χ3v) is 5.07. The van der Waals surface area contributed by atoms with Crippen LogP contribution in [0.4, 0.5) is 0 Å². The highest BCUT2D eigenvalue weighted by molar-refractivity contribution is 6.21. The molecular weight excluding hydrogens is 232 g/mol. The summed E-state index contributed by atoms with van der Waals surface area (Å²) in [5.41, 5.74) is 2.71. The molecule has 0 amide bonds. The molecule has 0 bridgehead atoms. The quantitative estimate of drug-likeness (QED) is 0.721. The van der Waals surface area contributed by atoms with E-state index in [2.05, 4.69) is 45.9 Å². The van der Waals surface area contributed by atoms with Gasteiger partial charge in [0.25, 0.3) is 0 Å². The van der Waals surface area contributed by atoms with Gasteiger partial charge in [-0.2, -0.15) is 0 Å². The fourth-order valence-electron chi connectivity index (χ4n) is 2.35. The third-order valence-electron chi connectivity index (χ3n) is 4.39. The molecule has 0 heterocycles. The first kappa shape index (κ1) is 12.8. The molecule has 1 aromatic carbocycles. The molecule has 94 valence electrons. The molecule has 1 aromatic rings. The minimum atomic E-state index is 0.125. The van der Waals surface area contributed by atoms with E-state index in [4.69, 9.17) is 16.3 Å². The van der Waals surface area contributed by atoms with E-state index in [0.29, 0.717) is 0 Å². The van der Waals surface area contributed by atoms with Crippen molar-refractivity contribution in [2.45, 2.75) is 52.0 Å². The van der Waals surface area contributed by atoms with Crippen LogP contribution in [0.1, 0.15) is 37.8 Å². The zero-order chi connectivity index (χ0) is 12.6. The Kier molecular flexibility index (Phi) is 3.40. The van der Waals surface area contributed by atoms with Gasteiger partial charge in [0.2, 0.25) is 0 Å². The maximum Gasteiger partial charge on any atom is 0.120 e. The molecule has 0 saturated heterocycles. The topological polar surface area (TPSA) is 9.23 Å². The van der Waals surface area contributed by atoms with Crippen molar-refractivity contribution < 1.29 is 4.74 Å². The van der Waals surface area contributed by atoms with Crippen LogP contribution in [0.5, 0.6) is 5.75 Å². The van der Waals surface area contributed by atoms with Crippen molar-refractivity contribution in [3.8, 4) is 5.75 Å². The Morgan fingerprint density at radius 2 is 2.06 bits per heavy atom. The lowest BCUT2D eigenvalue weighted by atomic mass is 9.65. The zero-order valence-electron chi connectivity index (χ0n) is 11.1. The summed E-state index contributed by atoms with van der Waals surface area (Å²) in [7, 11) is 0. The van der Waals surface area contributed by atoms with Crippen molar-refractivity contribution in [2.75, 3.05) is 0 Å². The summed E-state index contributed by atoms with van der Waals surface area (Å²) in [6.45, 7) is 8.64. The highest BCUT2D eigenvalue weighted by Crippen LogP contribution is 2.49. The number of benzene rings is 1. The first-order valence-corrected chi connectivity index (χ1v) is 6.79. The van der Waals surface area contributed by atoms with Gasteiger partial charge in [-0.25, -0.2) is 0 Å². The molecule has 0 spiro atoms. The van der Waals surface area contributed by atoms with Crippen molar-refractivity contribution >= 4 is 11.6 Å². The maximum atomic E-state index is 6.29. The summed E-state index contributed by atoms with van der Waals surface area (Å²) in [5, 5.41) is 0.254. The molecule has 3 unspecified atom stereocenters. The molecule has 1 aliphatic rings. The Morgan fingerprint density at radius 3 is 2.59 bits per heavy atom. The molecule has 3 atom stereocenters. The molecule has 1 nitrogen and oxygen atoms in total. The summed E-state index contributed by atoms with van der Waals surface area (Å²) in [5.74, 6) is 0.973. The Hall–Kier alpha value is -0.690. The normalized spacial score (nSPS) is 32.1. The van der Waals surface area contributed by atoms with Gasteiger partial charge < -0.3 is 4.74 Å². The fourth-order valence-corrected chi connectivity index (χ4v) is 2.81. The zero-order valence-corrected chi connectivity index (χ0v) is 11.8. The Morgan fingerprint density at radius 1 is 1.35 bits per heavy atom. The van der Waals surface area contributed by atoms with Crippen LogP contribution >= 0.6 is 11.6 Å². The van der Waals surface area contributed by atoms with E-state index in [1.54, 1.807) is 0 Å². The summed E-state index contributed by atoms with van der Waals surface area (Å²) in [4.78, 5) is 0. The first-order chi connectivity index (χ1) is 7.97. The SMILES string of the molecule is CCC1(C)C(Cl)CC1Oc1ccc(C)c(C)c1. The molecule has 17 heavy (non-hydrogen) atoms. The lowest BCUT2D eigenvalue weighted by Crippen LogP contribution is -2.55. The summed E-state index contributed by atoms with van der Waals surface area (Å²) in [6.07, 6.45) is 2.28. The smallest absolute Gasteiger partial charge is 0.120 e. The van der Waals surface area contributed by atoms with E-state index >= 15 is 0 Å². The van der Waals surface area contributed by atoms with Crippen LogP contribution in [0.15, 0.2) is 18.2 Å². The van der Waals surface area contributed by atoms with Crippen molar-refractivity contribution in [1.82, 2.24) is 0 Å². The van der Waals surface area contributed by atoms with Crippen LogP contribution in [0.2, 0.25) is 0 Å². The second kappa shape index (κ2) is 4.53. The largest absolute Gasteiger partial charge is 0.490 e. The number of hydrogen-bond acceptors (Lipinski definition) is 1. The van der Waals surface area contributed by atoms with Gasteiger partial charge in [-0.3, -0.25) is 0 Å². The predicted octanol–water partition coefficient (Wildman–Crippen LogP) is 4.48. The number of ether oxygens (including phenoxy) is 1. The first-order valence-electron chi connectivity index (χ1n) is 6.35. The van der Waals surface area contributed by atoms with E-state index in [0.717, 1.165) is 18.6 Å². The number of halogens is 1. The van der Waals surface area contributed by atoms with Crippen LogP contribution in [-0.4, -0.2) is 11.5 Å². The lowest BCUT2D eigenvalue weighted by Gasteiger charge is -2.50. The average Bonchev–Trinajstić information content (AvgIpc) is 2.32. The lowest BCUT2D eigenvalue weighted by molar-refractivity contribution is -0.0295. The van der Waals surface area contributed by atoms with Crippen molar-refractivity contribution in [1.29, 1.82) is 0 Å². The van der Waals surface area contributed by atoms with E-state index in [-0.39, 0.29) is 16.9 Å². The third kappa shape index (κ3) is 2.18. The second-order valence-corrected chi connectivity index (χ2v) is 5.94. The maximum absolute atomic E-state index is 6.29. The monoisotopic (exact) mass is 252 g/mol. The number of rotatable bonds is 3. The fraction of sp³-hybridized carbons (Fsp3) is 0.600. The minimum absolute atomic E-state index is 0.125. The molecule has 2 heteroatoms. The Balaban J connectivity index is 2.09. The highest BCUT2D eigenvalue weighted by atomic mass is 35.5. The molecule has 0 radical (unpaired) electrons. The number of hydrogen-bond donors (Lipinski definition) is 0. The molecular formula is C15H21ClO. The summed E-state index contributed by atoms with van der Waals surface area (Å²) in [6, 6.07) is 6.29. The van der Waals surface area contributed by atoms with Gasteiger partial charge in [0, 0.05) is 17.2 Å². The van der Waals surface area contributed by atoms with Crippen molar-refractivity contribution in [3.63, 3.8) is 0 Å². The van der Waals surface area contributed by atoms with Crippen LogP contribution in [0.3, 0.4) is 0 Å². The summed E-state index contributed by atoms with van der Waals surface area (Å²) < 4.78 is 6.08. The van der Waals surface area contributed by atoms with E-state index in [9.17, 15) is 0 Å². The van der Waals surface area contributed by atoms with Crippen LogP contribution < -0.4 is 4.74 Å². The van der Waals surface area contributed by atoms with Gasteiger partial charge in [-0.05, 0) is 43.5 Å². The van der Waals surface area contributed by atoms with Gasteiger partial charge in [-0.1, -0.05) is 19.9 Å². The highest BCUT2D eigenvalue weighted by Gasteiger charge is 2.51. The Bertz CT molecular complexity index is 415. The van der Waals surface area contributed by atoms with Crippen molar-refractivity contribution in [3.05, 3.63) is 29.3 Å².